The normalized spacial score (nSPS) is 10.5. The number of aromatic nitrogens is 2. The van der Waals surface area contributed by atoms with Crippen LogP contribution >= 0.6 is 0 Å². The number of hydrazine groups is 1. The van der Waals surface area contributed by atoms with E-state index in [9.17, 15) is 14.4 Å². The van der Waals surface area contributed by atoms with Crippen molar-refractivity contribution in [3.8, 4) is 11.3 Å². The van der Waals surface area contributed by atoms with Gasteiger partial charge in [0.1, 0.15) is 5.69 Å². The minimum Gasteiger partial charge on any atom is -0.346 e. The molecule has 3 amide bonds. The molecule has 30 heavy (non-hydrogen) atoms. The van der Waals surface area contributed by atoms with Gasteiger partial charge in [0.25, 0.3) is 5.91 Å². The van der Waals surface area contributed by atoms with Crippen LogP contribution in [0.5, 0.6) is 0 Å². The van der Waals surface area contributed by atoms with E-state index in [0.717, 1.165) is 11.1 Å². The third-order valence-electron chi connectivity index (χ3n) is 4.16. The molecule has 0 saturated heterocycles. The number of amides is 3. The summed E-state index contributed by atoms with van der Waals surface area (Å²) in [4.78, 5) is 36.3. The van der Waals surface area contributed by atoms with Crippen LogP contribution in [0.25, 0.3) is 11.3 Å². The van der Waals surface area contributed by atoms with Crippen LogP contribution in [0.2, 0.25) is 0 Å². The number of hydrogen-bond donors (Lipinski definition) is 3. The Hall–Kier alpha value is -3.94. The second kappa shape index (κ2) is 9.51. The summed E-state index contributed by atoms with van der Waals surface area (Å²) in [6.07, 6.45) is 1.62. The molecule has 0 aliphatic rings. The lowest BCUT2D eigenvalue weighted by molar-refractivity contribution is -0.139. The maximum atomic E-state index is 12.7. The van der Waals surface area contributed by atoms with Gasteiger partial charge in [0.15, 0.2) is 0 Å². The molecule has 1 heterocycles. The van der Waals surface area contributed by atoms with Crippen molar-refractivity contribution >= 4 is 17.7 Å². The van der Waals surface area contributed by atoms with Crippen LogP contribution in [0.1, 0.15) is 29.8 Å². The van der Waals surface area contributed by atoms with Crippen molar-refractivity contribution in [2.75, 3.05) is 0 Å². The molecule has 0 aliphatic heterocycles. The summed E-state index contributed by atoms with van der Waals surface area (Å²) in [5.41, 5.74) is 6.97. The van der Waals surface area contributed by atoms with E-state index in [4.69, 9.17) is 0 Å². The molecule has 154 valence electrons. The molecule has 0 radical (unpaired) electrons. The lowest BCUT2D eigenvalue weighted by Gasteiger charge is -2.09. The molecule has 8 heteroatoms. The molecule has 3 N–H and O–H groups in total. The Morgan fingerprint density at radius 3 is 2.17 bits per heavy atom. The molecule has 0 fully saturated rings. The third kappa shape index (κ3) is 5.32. The van der Waals surface area contributed by atoms with Crippen LogP contribution in [0.15, 0.2) is 66.9 Å². The van der Waals surface area contributed by atoms with Gasteiger partial charge in [-0.15, -0.1) is 0 Å². The quantitative estimate of drug-likeness (QED) is 0.445. The van der Waals surface area contributed by atoms with Gasteiger partial charge in [-0.05, 0) is 19.4 Å². The zero-order chi connectivity index (χ0) is 21.5. The van der Waals surface area contributed by atoms with Gasteiger partial charge >= 0.3 is 11.8 Å². The van der Waals surface area contributed by atoms with Gasteiger partial charge in [0, 0.05) is 17.8 Å². The average molecular weight is 405 g/mol. The Kier molecular flexibility index (Phi) is 6.59. The van der Waals surface area contributed by atoms with Gasteiger partial charge in [-0.3, -0.25) is 29.9 Å². The van der Waals surface area contributed by atoms with E-state index >= 15 is 0 Å². The molecule has 8 nitrogen and oxygen atoms in total. The van der Waals surface area contributed by atoms with Gasteiger partial charge in [0.05, 0.1) is 12.1 Å². The maximum absolute atomic E-state index is 12.7. The van der Waals surface area contributed by atoms with Crippen LogP contribution in [-0.4, -0.2) is 33.5 Å². The monoisotopic (exact) mass is 405 g/mol. The lowest BCUT2D eigenvalue weighted by Crippen LogP contribution is -2.49. The van der Waals surface area contributed by atoms with Crippen LogP contribution in [0.4, 0.5) is 0 Å². The predicted octanol–water partition coefficient (Wildman–Crippen LogP) is 1.88. The fourth-order valence-electron chi connectivity index (χ4n) is 2.81. The van der Waals surface area contributed by atoms with E-state index in [1.54, 1.807) is 24.7 Å². The summed E-state index contributed by atoms with van der Waals surface area (Å²) >= 11 is 0. The number of rotatable bonds is 5. The average Bonchev–Trinajstić information content (AvgIpc) is 3.16. The van der Waals surface area contributed by atoms with Crippen molar-refractivity contribution in [3.05, 3.63) is 78.0 Å². The SMILES string of the molecule is CC(C)NC(=O)C(=O)NNC(=O)c1cn(Cc2ccccc2)nc1-c1ccccc1. The molecule has 3 aromatic rings. The van der Waals surface area contributed by atoms with Crippen molar-refractivity contribution in [1.82, 2.24) is 25.9 Å². The highest BCUT2D eigenvalue weighted by Crippen LogP contribution is 2.22. The zero-order valence-corrected chi connectivity index (χ0v) is 16.8. The minimum atomic E-state index is -0.949. The van der Waals surface area contributed by atoms with Crippen molar-refractivity contribution in [1.29, 1.82) is 0 Å². The highest BCUT2D eigenvalue weighted by atomic mass is 16.2. The number of hydrogen-bond acceptors (Lipinski definition) is 4. The Bertz CT molecular complexity index is 1030. The topological polar surface area (TPSA) is 105 Å². The fraction of sp³-hybridized carbons (Fsp3) is 0.182. The summed E-state index contributed by atoms with van der Waals surface area (Å²) < 4.78 is 1.67. The smallest absolute Gasteiger partial charge is 0.327 e. The molecule has 0 bridgehead atoms. The van der Waals surface area contributed by atoms with E-state index < -0.39 is 17.7 Å². The number of nitrogens with one attached hydrogen (secondary N) is 3. The maximum Gasteiger partial charge on any atom is 0.327 e. The van der Waals surface area contributed by atoms with Gasteiger partial charge in [-0.1, -0.05) is 60.7 Å². The first-order valence-corrected chi connectivity index (χ1v) is 9.52. The predicted molar refractivity (Wildman–Crippen MR) is 112 cm³/mol. The standard InChI is InChI=1S/C22H23N5O3/c1-15(2)23-21(29)22(30)25-24-20(28)18-14-27(13-16-9-5-3-6-10-16)26-19(18)17-11-7-4-8-12-17/h3-12,14-15H,13H2,1-2H3,(H,23,29)(H,24,28)(H,25,30). The molecule has 1 aromatic heterocycles. The summed E-state index contributed by atoms with van der Waals surface area (Å²) in [6.45, 7) is 3.95. The van der Waals surface area contributed by atoms with Crippen molar-refractivity contribution in [2.45, 2.75) is 26.4 Å². The van der Waals surface area contributed by atoms with Gasteiger partial charge < -0.3 is 5.32 Å². The van der Waals surface area contributed by atoms with E-state index in [0.29, 0.717) is 12.2 Å². The van der Waals surface area contributed by atoms with E-state index in [1.165, 1.54) is 0 Å². The molecule has 0 atom stereocenters. The largest absolute Gasteiger partial charge is 0.346 e. The number of nitrogens with zero attached hydrogens (tertiary/aromatic N) is 2. The molecule has 0 saturated carbocycles. The highest BCUT2D eigenvalue weighted by molar-refractivity contribution is 6.35. The summed E-state index contributed by atoms with van der Waals surface area (Å²) in [6, 6.07) is 18.8. The molecule has 2 aromatic carbocycles. The number of benzene rings is 2. The van der Waals surface area contributed by atoms with Crippen LogP contribution in [0, 0.1) is 0 Å². The summed E-state index contributed by atoms with van der Waals surface area (Å²) in [7, 11) is 0. The van der Waals surface area contributed by atoms with Gasteiger partial charge in [-0.25, -0.2) is 0 Å². The van der Waals surface area contributed by atoms with E-state index in [-0.39, 0.29) is 11.6 Å². The number of carbonyl (C=O) groups is 3. The Morgan fingerprint density at radius 2 is 1.53 bits per heavy atom. The zero-order valence-electron chi connectivity index (χ0n) is 16.8. The Balaban J connectivity index is 1.80. The highest BCUT2D eigenvalue weighted by Gasteiger charge is 2.20. The molecule has 0 unspecified atom stereocenters. The van der Waals surface area contributed by atoms with Crippen LogP contribution in [-0.2, 0) is 16.1 Å². The first kappa shape index (κ1) is 20.8. The van der Waals surface area contributed by atoms with E-state index in [1.807, 2.05) is 60.7 Å². The van der Waals surface area contributed by atoms with Crippen molar-refractivity contribution in [2.24, 2.45) is 0 Å². The van der Waals surface area contributed by atoms with Gasteiger partial charge in [0.2, 0.25) is 0 Å². The number of carbonyl (C=O) groups excluding carboxylic acids is 3. The first-order chi connectivity index (χ1) is 14.4. The van der Waals surface area contributed by atoms with Crippen LogP contribution in [0.3, 0.4) is 0 Å². The third-order valence-corrected chi connectivity index (χ3v) is 4.16. The minimum absolute atomic E-state index is 0.195. The first-order valence-electron chi connectivity index (χ1n) is 9.52. The Labute approximate surface area is 174 Å². The molecular formula is C22H23N5O3. The molecule has 3 rings (SSSR count). The van der Waals surface area contributed by atoms with Crippen molar-refractivity contribution < 1.29 is 14.4 Å². The lowest BCUT2D eigenvalue weighted by atomic mass is 10.1. The van der Waals surface area contributed by atoms with Crippen LogP contribution < -0.4 is 16.2 Å². The summed E-state index contributed by atoms with van der Waals surface area (Å²) in [5.74, 6) is -2.35. The Morgan fingerprint density at radius 1 is 0.900 bits per heavy atom. The van der Waals surface area contributed by atoms with Crippen molar-refractivity contribution in [3.63, 3.8) is 0 Å². The second-order valence-electron chi connectivity index (χ2n) is 6.98. The molecule has 0 aliphatic carbocycles. The fourth-order valence-corrected chi connectivity index (χ4v) is 2.81. The summed E-state index contributed by atoms with van der Waals surface area (Å²) in [5, 5.41) is 7.02. The second-order valence-corrected chi connectivity index (χ2v) is 6.98. The molecule has 0 spiro atoms. The van der Waals surface area contributed by atoms with E-state index in [2.05, 4.69) is 21.3 Å². The van der Waals surface area contributed by atoms with Gasteiger partial charge in [-0.2, -0.15) is 5.10 Å². The molecular weight excluding hydrogens is 382 g/mol.